The first-order valence-electron chi connectivity index (χ1n) is 9.11. The lowest BCUT2D eigenvalue weighted by Crippen LogP contribution is -2.42. The molecule has 2 heterocycles. The number of carbonyl (C=O) groups is 1. The number of likely N-dealkylation sites (N-methyl/N-ethyl adjacent to an activating group) is 1. The van der Waals surface area contributed by atoms with Crippen LogP contribution in [0.2, 0.25) is 0 Å². The highest BCUT2D eigenvalue weighted by Gasteiger charge is 2.34. The molecule has 2 aromatic carbocycles. The molecule has 0 radical (unpaired) electrons. The van der Waals surface area contributed by atoms with E-state index in [0.29, 0.717) is 6.54 Å². The number of amides is 1. The van der Waals surface area contributed by atoms with Crippen LogP contribution in [-0.4, -0.2) is 48.7 Å². The van der Waals surface area contributed by atoms with Gasteiger partial charge in [0.2, 0.25) is 0 Å². The third kappa shape index (κ3) is 4.09. The lowest BCUT2D eigenvalue weighted by Gasteiger charge is -2.37. The van der Waals surface area contributed by atoms with Crippen molar-refractivity contribution >= 4 is 18.5 Å². The largest absolute Gasteiger partial charge is 0.445 e. The van der Waals surface area contributed by atoms with E-state index in [4.69, 9.17) is 4.74 Å². The number of nitrogens with zero attached hydrogens (tertiary/aromatic N) is 2. The van der Waals surface area contributed by atoms with Gasteiger partial charge in [0, 0.05) is 19.6 Å². The second-order valence-corrected chi connectivity index (χ2v) is 7.15. The van der Waals surface area contributed by atoms with Crippen LogP contribution in [0.25, 0.3) is 0 Å². The normalized spacial score (nSPS) is 22.1. The fraction of sp³-hybridized carbons (Fsp3) is 0.381. The van der Waals surface area contributed by atoms with Gasteiger partial charge < -0.3 is 9.64 Å². The van der Waals surface area contributed by atoms with Crippen molar-refractivity contribution in [3.63, 3.8) is 0 Å². The van der Waals surface area contributed by atoms with E-state index in [0.717, 1.165) is 37.1 Å². The number of halogens is 2. The molecule has 0 spiro atoms. The highest BCUT2D eigenvalue weighted by molar-refractivity contribution is 5.85. The molecule has 6 heteroatoms. The van der Waals surface area contributed by atoms with Gasteiger partial charge in [-0.1, -0.05) is 36.4 Å². The van der Waals surface area contributed by atoms with Crippen LogP contribution < -0.4 is 0 Å². The maximum atomic E-state index is 13.4. The Morgan fingerprint density at radius 3 is 2.56 bits per heavy atom. The fourth-order valence-electron chi connectivity index (χ4n) is 3.97. The second-order valence-electron chi connectivity index (χ2n) is 7.15. The van der Waals surface area contributed by atoms with E-state index in [2.05, 4.69) is 11.0 Å². The standard InChI is InChI=1S/C21H23FN2O2.ClH/c1-23-12-11-18(14-23)26-21(25)24-13-10-15-4-2-3-5-19(15)20(24)16-6-8-17(22)9-7-16;/h2-9,18,20H,10-14H2,1H3;1H/t18-,20+;/m1./s1. The van der Waals surface area contributed by atoms with E-state index in [1.807, 2.05) is 25.2 Å². The number of hydrogen-bond donors (Lipinski definition) is 0. The summed E-state index contributed by atoms with van der Waals surface area (Å²) in [5.74, 6) is -0.277. The smallest absolute Gasteiger partial charge is 0.410 e. The van der Waals surface area contributed by atoms with Crippen LogP contribution in [0.5, 0.6) is 0 Å². The number of ether oxygens (including phenoxy) is 1. The van der Waals surface area contributed by atoms with Gasteiger partial charge in [-0.25, -0.2) is 9.18 Å². The topological polar surface area (TPSA) is 32.8 Å². The zero-order valence-corrected chi connectivity index (χ0v) is 16.1. The Balaban J connectivity index is 0.00000210. The van der Waals surface area contributed by atoms with E-state index in [9.17, 15) is 9.18 Å². The molecular weight excluding hydrogens is 367 g/mol. The first-order valence-corrected chi connectivity index (χ1v) is 9.11. The highest BCUT2D eigenvalue weighted by Crippen LogP contribution is 2.35. The van der Waals surface area contributed by atoms with Gasteiger partial charge >= 0.3 is 6.09 Å². The summed E-state index contributed by atoms with van der Waals surface area (Å²) in [5.41, 5.74) is 3.22. The maximum Gasteiger partial charge on any atom is 0.410 e. The highest BCUT2D eigenvalue weighted by atomic mass is 35.5. The van der Waals surface area contributed by atoms with Crippen molar-refractivity contribution in [3.8, 4) is 0 Å². The molecule has 4 rings (SSSR count). The van der Waals surface area contributed by atoms with Crippen LogP contribution in [-0.2, 0) is 11.2 Å². The molecule has 0 saturated carbocycles. The number of hydrogen-bond acceptors (Lipinski definition) is 3. The Hall–Kier alpha value is -2.11. The summed E-state index contributed by atoms with van der Waals surface area (Å²) < 4.78 is 19.2. The van der Waals surface area contributed by atoms with Crippen molar-refractivity contribution in [2.24, 2.45) is 0 Å². The number of likely N-dealkylation sites (tertiary alicyclic amines) is 1. The summed E-state index contributed by atoms with van der Waals surface area (Å²) in [7, 11) is 2.03. The van der Waals surface area contributed by atoms with Crippen molar-refractivity contribution in [1.82, 2.24) is 9.80 Å². The Kier molecular flexibility index (Phi) is 6.02. The molecule has 0 bridgehead atoms. The monoisotopic (exact) mass is 390 g/mol. The summed E-state index contributed by atoms with van der Waals surface area (Å²) >= 11 is 0. The summed E-state index contributed by atoms with van der Waals surface area (Å²) in [5, 5.41) is 0. The van der Waals surface area contributed by atoms with Gasteiger partial charge in [0.25, 0.3) is 0 Å². The lowest BCUT2D eigenvalue weighted by atomic mass is 9.88. The van der Waals surface area contributed by atoms with Gasteiger partial charge in [0.15, 0.2) is 0 Å². The molecular formula is C21H24ClFN2O2. The summed E-state index contributed by atoms with van der Waals surface area (Å²) in [6.45, 7) is 2.32. The number of carbonyl (C=O) groups excluding carboxylic acids is 1. The van der Waals surface area contributed by atoms with Gasteiger partial charge in [-0.05, 0) is 48.7 Å². The molecule has 27 heavy (non-hydrogen) atoms. The first-order chi connectivity index (χ1) is 12.6. The van der Waals surface area contributed by atoms with Crippen LogP contribution in [0.1, 0.15) is 29.2 Å². The number of fused-ring (bicyclic) bond motifs is 1. The molecule has 2 aliphatic rings. The number of rotatable bonds is 2. The zero-order valence-electron chi connectivity index (χ0n) is 15.3. The van der Waals surface area contributed by atoms with E-state index in [-0.39, 0.29) is 36.5 Å². The van der Waals surface area contributed by atoms with Gasteiger partial charge in [-0.15, -0.1) is 12.4 Å². The number of benzene rings is 2. The van der Waals surface area contributed by atoms with Crippen LogP contribution in [0.15, 0.2) is 48.5 Å². The molecule has 1 fully saturated rings. The predicted octanol–water partition coefficient (Wildman–Crippen LogP) is 4.04. The minimum absolute atomic E-state index is 0. The Labute approximate surface area is 165 Å². The Morgan fingerprint density at radius 1 is 1.11 bits per heavy atom. The van der Waals surface area contributed by atoms with Gasteiger partial charge in [-0.3, -0.25) is 4.90 Å². The Bertz CT molecular complexity index is 799. The van der Waals surface area contributed by atoms with Gasteiger partial charge in [-0.2, -0.15) is 0 Å². The van der Waals surface area contributed by atoms with Crippen LogP contribution in [0, 0.1) is 5.82 Å². The molecule has 2 atom stereocenters. The lowest BCUT2D eigenvalue weighted by molar-refractivity contribution is 0.0569. The molecule has 0 N–H and O–H groups in total. The molecule has 0 aliphatic carbocycles. The van der Waals surface area contributed by atoms with Crippen LogP contribution >= 0.6 is 12.4 Å². The summed E-state index contributed by atoms with van der Waals surface area (Å²) in [4.78, 5) is 16.9. The van der Waals surface area contributed by atoms with E-state index < -0.39 is 0 Å². The van der Waals surface area contributed by atoms with Crippen molar-refractivity contribution in [3.05, 3.63) is 71.0 Å². The fourth-order valence-corrected chi connectivity index (χ4v) is 3.97. The van der Waals surface area contributed by atoms with E-state index in [1.165, 1.54) is 17.7 Å². The summed E-state index contributed by atoms with van der Waals surface area (Å²) in [6, 6.07) is 14.3. The van der Waals surface area contributed by atoms with Gasteiger partial charge in [0.1, 0.15) is 11.9 Å². The van der Waals surface area contributed by atoms with Crippen LogP contribution in [0.3, 0.4) is 0 Å². The maximum absolute atomic E-state index is 13.4. The molecule has 0 unspecified atom stereocenters. The Morgan fingerprint density at radius 2 is 1.85 bits per heavy atom. The van der Waals surface area contributed by atoms with Gasteiger partial charge in [0.05, 0.1) is 6.04 Å². The third-order valence-electron chi connectivity index (χ3n) is 5.32. The quantitative estimate of drug-likeness (QED) is 0.776. The average Bonchev–Trinajstić information content (AvgIpc) is 3.06. The SMILES string of the molecule is CN1CC[C@@H](OC(=O)N2CCc3ccccc3[C@@H]2c2ccc(F)cc2)C1.Cl. The minimum Gasteiger partial charge on any atom is -0.445 e. The minimum atomic E-state index is -0.283. The third-order valence-corrected chi connectivity index (χ3v) is 5.32. The molecule has 144 valence electrons. The zero-order chi connectivity index (χ0) is 18.1. The molecule has 2 aliphatic heterocycles. The second kappa shape index (κ2) is 8.28. The van der Waals surface area contributed by atoms with Crippen LogP contribution in [0.4, 0.5) is 9.18 Å². The molecule has 0 aromatic heterocycles. The van der Waals surface area contributed by atoms with Crippen molar-refractivity contribution in [1.29, 1.82) is 0 Å². The van der Waals surface area contributed by atoms with Crippen molar-refractivity contribution < 1.29 is 13.9 Å². The van der Waals surface area contributed by atoms with Crippen molar-refractivity contribution in [2.45, 2.75) is 25.0 Å². The molecule has 4 nitrogen and oxygen atoms in total. The van der Waals surface area contributed by atoms with E-state index >= 15 is 0 Å². The van der Waals surface area contributed by atoms with E-state index in [1.54, 1.807) is 17.0 Å². The first kappa shape index (κ1) is 19.6. The molecule has 1 amide bonds. The average molecular weight is 391 g/mol. The molecule has 2 aromatic rings. The predicted molar refractivity (Wildman–Crippen MR) is 105 cm³/mol. The molecule has 1 saturated heterocycles. The van der Waals surface area contributed by atoms with Crippen molar-refractivity contribution in [2.75, 3.05) is 26.7 Å². The summed E-state index contributed by atoms with van der Waals surface area (Å²) in [6.07, 6.45) is 1.33.